The topological polar surface area (TPSA) is 55.9 Å². The molecule has 2 aromatic rings. The van der Waals surface area contributed by atoms with Crippen LogP contribution in [0.1, 0.15) is 17.6 Å². The van der Waals surface area contributed by atoms with Crippen molar-refractivity contribution >= 4 is 0 Å². The van der Waals surface area contributed by atoms with Gasteiger partial charge in [-0.3, -0.25) is 0 Å². The van der Waals surface area contributed by atoms with Crippen LogP contribution in [0.5, 0.6) is 0 Å². The zero-order valence-electron chi connectivity index (χ0n) is 8.83. The van der Waals surface area contributed by atoms with E-state index in [0.717, 1.165) is 11.5 Å². The van der Waals surface area contributed by atoms with Gasteiger partial charge >= 0.3 is 0 Å². The molecule has 2 rings (SSSR count). The minimum absolute atomic E-state index is 0.503. The number of aliphatic hydroxyl groups excluding tert-OH is 1. The Morgan fingerprint density at radius 2 is 2.20 bits per heavy atom. The Labute approximate surface area is 88.0 Å². The maximum absolute atomic E-state index is 9.97. The van der Waals surface area contributed by atoms with E-state index in [0.29, 0.717) is 6.42 Å². The molecule has 0 aliphatic rings. The quantitative estimate of drug-likeness (QED) is 0.792. The number of nitrogens with zero attached hydrogens (tertiary/aromatic N) is 4. The van der Waals surface area contributed by atoms with Gasteiger partial charge < -0.3 is 14.2 Å². The second-order valence-electron chi connectivity index (χ2n) is 3.60. The van der Waals surface area contributed by atoms with Crippen LogP contribution >= 0.6 is 0 Å². The molecule has 0 aliphatic heterocycles. The maximum Gasteiger partial charge on any atom is 0.111 e. The van der Waals surface area contributed by atoms with E-state index in [1.165, 1.54) is 0 Å². The summed E-state index contributed by atoms with van der Waals surface area (Å²) < 4.78 is 3.72. The minimum Gasteiger partial charge on any atom is -0.386 e. The van der Waals surface area contributed by atoms with E-state index in [2.05, 4.69) is 9.97 Å². The average molecular weight is 206 g/mol. The Bertz CT molecular complexity index is 446. The number of imidazole rings is 2. The van der Waals surface area contributed by atoms with Crippen LogP contribution in [0.2, 0.25) is 0 Å². The molecule has 2 heterocycles. The first-order chi connectivity index (χ1) is 7.18. The lowest BCUT2D eigenvalue weighted by Crippen LogP contribution is -2.09. The van der Waals surface area contributed by atoms with Crippen molar-refractivity contribution in [2.45, 2.75) is 12.5 Å². The normalized spacial score (nSPS) is 13.0. The highest BCUT2D eigenvalue weighted by molar-refractivity contribution is 5.05. The van der Waals surface area contributed by atoms with E-state index in [9.17, 15) is 5.11 Å². The predicted octanol–water partition coefficient (Wildman–Crippen LogP) is 0.430. The third-order valence-electron chi connectivity index (χ3n) is 2.49. The van der Waals surface area contributed by atoms with E-state index in [1.807, 2.05) is 29.4 Å². The van der Waals surface area contributed by atoms with Gasteiger partial charge in [0.2, 0.25) is 0 Å². The van der Waals surface area contributed by atoms with Crippen LogP contribution in [0, 0.1) is 0 Å². The molecule has 0 aliphatic carbocycles. The lowest BCUT2D eigenvalue weighted by Gasteiger charge is -2.10. The SMILES string of the molecule is Cn1cncc1C(O)Cc1nccn1C. The largest absolute Gasteiger partial charge is 0.386 e. The lowest BCUT2D eigenvalue weighted by molar-refractivity contribution is 0.166. The molecule has 0 bridgehead atoms. The van der Waals surface area contributed by atoms with Gasteiger partial charge in [-0.05, 0) is 0 Å². The highest BCUT2D eigenvalue weighted by Crippen LogP contribution is 2.15. The van der Waals surface area contributed by atoms with E-state index in [-0.39, 0.29) is 0 Å². The second-order valence-corrected chi connectivity index (χ2v) is 3.60. The molecule has 80 valence electrons. The molecular formula is C10H14N4O. The molecule has 1 N–H and O–H groups in total. The zero-order chi connectivity index (χ0) is 10.8. The average Bonchev–Trinajstić information content (AvgIpc) is 2.76. The molecule has 0 saturated heterocycles. The van der Waals surface area contributed by atoms with Gasteiger partial charge in [0.15, 0.2) is 0 Å². The fourth-order valence-electron chi connectivity index (χ4n) is 1.56. The zero-order valence-corrected chi connectivity index (χ0v) is 8.83. The summed E-state index contributed by atoms with van der Waals surface area (Å²) in [6.07, 6.45) is 6.89. The predicted molar refractivity (Wildman–Crippen MR) is 55.1 cm³/mol. The van der Waals surface area contributed by atoms with Crippen LogP contribution < -0.4 is 0 Å². The molecule has 0 fully saturated rings. The van der Waals surface area contributed by atoms with E-state index in [1.54, 1.807) is 18.7 Å². The summed E-state index contributed by atoms with van der Waals surface area (Å²) in [5, 5.41) is 9.97. The van der Waals surface area contributed by atoms with Gasteiger partial charge in [-0.2, -0.15) is 0 Å². The summed E-state index contributed by atoms with van der Waals surface area (Å²) in [5.74, 6) is 0.865. The van der Waals surface area contributed by atoms with E-state index in [4.69, 9.17) is 0 Å². The summed E-state index contributed by atoms with van der Waals surface area (Å²) in [4.78, 5) is 8.14. The van der Waals surface area contributed by atoms with Gasteiger partial charge in [-0.1, -0.05) is 0 Å². The molecule has 0 aromatic carbocycles. The molecule has 1 unspecified atom stereocenters. The Hall–Kier alpha value is -1.62. The number of hydrogen-bond acceptors (Lipinski definition) is 3. The first-order valence-corrected chi connectivity index (χ1v) is 4.79. The number of aryl methyl sites for hydroxylation is 2. The van der Waals surface area contributed by atoms with Gasteiger partial charge in [0.25, 0.3) is 0 Å². The van der Waals surface area contributed by atoms with Gasteiger partial charge in [-0.25, -0.2) is 9.97 Å². The Balaban J connectivity index is 2.14. The molecule has 2 aromatic heterocycles. The van der Waals surface area contributed by atoms with Crippen molar-refractivity contribution in [2.24, 2.45) is 14.1 Å². The van der Waals surface area contributed by atoms with Crippen molar-refractivity contribution < 1.29 is 5.11 Å². The molecule has 5 heteroatoms. The van der Waals surface area contributed by atoms with Gasteiger partial charge in [0.1, 0.15) is 11.9 Å². The third kappa shape index (κ3) is 1.92. The standard InChI is InChI=1S/C10H14N4O/c1-13-4-3-12-10(13)5-9(15)8-6-11-7-14(8)2/h3-4,6-7,9,15H,5H2,1-2H3. The first-order valence-electron chi connectivity index (χ1n) is 4.79. The number of rotatable bonds is 3. The van der Waals surface area contributed by atoms with Crippen LogP contribution in [0.25, 0.3) is 0 Å². The van der Waals surface area contributed by atoms with Crippen molar-refractivity contribution in [3.05, 3.63) is 36.4 Å². The molecule has 5 nitrogen and oxygen atoms in total. The third-order valence-corrected chi connectivity index (χ3v) is 2.49. The molecule has 15 heavy (non-hydrogen) atoms. The van der Waals surface area contributed by atoms with Crippen molar-refractivity contribution in [3.63, 3.8) is 0 Å². The van der Waals surface area contributed by atoms with Gasteiger partial charge in [-0.15, -0.1) is 0 Å². The van der Waals surface area contributed by atoms with Crippen molar-refractivity contribution in [1.82, 2.24) is 19.1 Å². The highest BCUT2D eigenvalue weighted by atomic mass is 16.3. The molecule has 0 saturated carbocycles. The molecule has 0 amide bonds. The summed E-state index contributed by atoms with van der Waals surface area (Å²) in [5.41, 5.74) is 0.804. The second kappa shape index (κ2) is 3.86. The monoisotopic (exact) mass is 206 g/mol. The van der Waals surface area contributed by atoms with Crippen LogP contribution in [-0.2, 0) is 20.5 Å². The van der Waals surface area contributed by atoms with Gasteiger partial charge in [0, 0.05) is 32.9 Å². The van der Waals surface area contributed by atoms with Crippen molar-refractivity contribution in [2.75, 3.05) is 0 Å². The Morgan fingerprint density at radius 3 is 2.73 bits per heavy atom. The number of aliphatic hydroxyl groups is 1. The number of aromatic nitrogens is 4. The maximum atomic E-state index is 9.97. The molecule has 0 spiro atoms. The van der Waals surface area contributed by atoms with Crippen molar-refractivity contribution in [3.8, 4) is 0 Å². The summed E-state index contributed by atoms with van der Waals surface area (Å²) in [6.45, 7) is 0. The summed E-state index contributed by atoms with van der Waals surface area (Å²) >= 11 is 0. The van der Waals surface area contributed by atoms with Crippen LogP contribution in [0.15, 0.2) is 24.9 Å². The van der Waals surface area contributed by atoms with Gasteiger partial charge in [0.05, 0.1) is 18.2 Å². The Morgan fingerprint density at radius 1 is 1.40 bits per heavy atom. The van der Waals surface area contributed by atoms with Crippen LogP contribution in [-0.4, -0.2) is 24.2 Å². The van der Waals surface area contributed by atoms with Crippen molar-refractivity contribution in [1.29, 1.82) is 0 Å². The lowest BCUT2D eigenvalue weighted by atomic mass is 10.2. The fourth-order valence-corrected chi connectivity index (χ4v) is 1.56. The smallest absolute Gasteiger partial charge is 0.111 e. The minimum atomic E-state index is -0.557. The summed E-state index contributed by atoms with van der Waals surface area (Å²) in [7, 11) is 3.78. The number of hydrogen-bond donors (Lipinski definition) is 1. The van der Waals surface area contributed by atoms with Crippen LogP contribution in [0.4, 0.5) is 0 Å². The molecule has 0 radical (unpaired) electrons. The van der Waals surface area contributed by atoms with Crippen LogP contribution in [0.3, 0.4) is 0 Å². The molecule has 1 atom stereocenters. The molecular weight excluding hydrogens is 192 g/mol. The Kier molecular flexibility index (Phi) is 2.55. The summed E-state index contributed by atoms with van der Waals surface area (Å²) in [6, 6.07) is 0. The highest BCUT2D eigenvalue weighted by Gasteiger charge is 2.14. The fraction of sp³-hybridized carbons (Fsp3) is 0.400. The van der Waals surface area contributed by atoms with E-state index < -0.39 is 6.10 Å². The first kappa shape index (κ1) is 9.92. The van der Waals surface area contributed by atoms with E-state index >= 15 is 0 Å².